The molecule has 1 heterocycles. The quantitative estimate of drug-likeness (QED) is 0.443. The maximum Gasteiger partial charge on any atom is 0.355 e. The SMILES string of the molecule is COC(=O)C1=C(C(=O)OC)N(c2ccc(OCC[N+](C)(C)C)cc2)C(N)=C(C#N)C1c1ccccc1. The normalized spacial score (nSPS) is 15.9. The van der Waals surface area contributed by atoms with Gasteiger partial charge in [-0.2, -0.15) is 5.26 Å². The molecular formula is C27H31N4O5+. The van der Waals surface area contributed by atoms with Crippen molar-refractivity contribution in [1.82, 2.24) is 0 Å². The Balaban J connectivity index is 2.15. The monoisotopic (exact) mass is 491 g/mol. The number of nitrogens with two attached hydrogens (primary N) is 1. The number of nitriles is 1. The van der Waals surface area contributed by atoms with E-state index in [-0.39, 0.29) is 22.7 Å². The van der Waals surface area contributed by atoms with E-state index in [1.807, 2.05) is 6.07 Å². The first-order valence-corrected chi connectivity index (χ1v) is 11.3. The molecule has 0 spiro atoms. The second-order valence-corrected chi connectivity index (χ2v) is 9.19. The number of ether oxygens (including phenoxy) is 3. The van der Waals surface area contributed by atoms with Crippen molar-refractivity contribution in [2.24, 2.45) is 5.73 Å². The lowest BCUT2D eigenvalue weighted by Gasteiger charge is -2.35. The standard InChI is InChI=1S/C27H31N4O5/c1-31(2,3)15-16-36-20-13-11-19(12-14-20)30-24(27(33)35-5)23(26(32)34-4)22(21(17-28)25(30)29)18-9-7-6-8-10-18/h6-14,22H,15-16,29H2,1-5H3/q+1. The molecule has 1 unspecified atom stereocenters. The minimum Gasteiger partial charge on any atom is -0.488 e. The first-order chi connectivity index (χ1) is 17.1. The summed E-state index contributed by atoms with van der Waals surface area (Å²) in [5.41, 5.74) is 7.52. The van der Waals surface area contributed by atoms with E-state index in [0.717, 1.165) is 11.0 Å². The number of hydrogen-bond donors (Lipinski definition) is 1. The van der Waals surface area contributed by atoms with Crippen molar-refractivity contribution in [3.63, 3.8) is 0 Å². The van der Waals surface area contributed by atoms with Gasteiger partial charge in [0, 0.05) is 5.69 Å². The number of esters is 2. The second-order valence-electron chi connectivity index (χ2n) is 9.19. The van der Waals surface area contributed by atoms with E-state index >= 15 is 0 Å². The molecule has 1 atom stereocenters. The van der Waals surface area contributed by atoms with E-state index in [1.54, 1.807) is 48.5 Å². The number of quaternary nitrogens is 1. The molecule has 2 aromatic carbocycles. The highest BCUT2D eigenvalue weighted by molar-refractivity contribution is 6.06. The molecule has 36 heavy (non-hydrogen) atoms. The zero-order valence-electron chi connectivity index (χ0n) is 21.1. The summed E-state index contributed by atoms with van der Waals surface area (Å²) in [6.45, 7) is 1.33. The summed E-state index contributed by atoms with van der Waals surface area (Å²) in [6.07, 6.45) is 0. The fraction of sp³-hybridized carbons (Fsp3) is 0.296. The van der Waals surface area contributed by atoms with Crippen LogP contribution in [0.3, 0.4) is 0 Å². The number of hydrogen-bond acceptors (Lipinski definition) is 8. The number of anilines is 1. The highest BCUT2D eigenvalue weighted by Gasteiger charge is 2.42. The molecule has 0 saturated heterocycles. The van der Waals surface area contributed by atoms with Crippen LogP contribution in [-0.4, -0.2) is 64.9 Å². The van der Waals surface area contributed by atoms with Crippen molar-refractivity contribution in [2.45, 2.75) is 5.92 Å². The number of benzene rings is 2. The largest absolute Gasteiger partial charge is 0.488 e. The van der Waals surface area contributed by atoms with Crippen LogP contribution in [0.15, 0.2) is 77.3 Å². The van der Waals surface area contributed by atoms with E-state index in [1.165, 1.54) is 19.1 Å². The molecule has 0 fully saturated rings. The molecule has 2 aromatic rings. The van der Waals surface area contributed by atoms with Crippen LogP contribution >= 0.6 is 0 Å². The average Bonchev–Trinajstić information content (AvgIpc) is 2.87. The Bertz CT molecular complexity index is 1220. The van der Waals surface area contributed by atoms with Crippen molar-refractivity contribution in [1.29, 1.82) is 5.26 Å². The minimum absolute atomic E-state index is 0.0121. The molecule has 0 aliphatic carbocycles. The maximum atomic E-state index is 13.1. The molecule has 1 aliphatic rings. The Kier molecular flexibility index (Phi) is 8.02. The molecule has 9 heteroatoms. The summed E-state index contributed by atoms with van der Waals surface area (Å²) < 4.78 is 16.7. The van der Waals surface area contributed by atoms with Crippen LogP contribution in [0.1, 0.15) is 11.5 Å². The van der Waals surface area contributed by atoms with Crippen LogP contribution in [-0.2, 0) is 19.1 Å². The van der Waals surface area contributed by atoms with E-state index in [0.29, 0.717) is 23.6 Å². The molecule has 0 bridgehead atoms. The smallest absolute Gasteiger partial charge is 0.355 e. The van der Waals surface area contributed by atoms with Crippen molar-refractivity contribution in [3.05, 3.63) is 82.8 Å². The highest BCUT2D eigenvalue weighted by atomic mass is 16.5. The molecule has 0 amide bonds. The number of allylic oxidation sites excluding steroid dienone is 1. The first-order valence-electron chi connectivity index (χ1n) is 11.3. The Hall–Kier alpha value is -4.29. The number of rotatable bonds is 8. The van der Waals surface area contributed by atoms with Crippen LogP contribution in [0.2, 0.25) is 0 Å². The Morgan fingerprint density at radius 1 is 1.00 bits per heavy atom. The van der Waals surface area contributed by atoms with E-state index in [9.17, 15) is 14.9 Å². The fourth-order valence-corrected chi connectivity index (χ4v) is 3.91. The van der Waals surface area contributed by atoms with Crippen LogP contribution in [0, 0.1) is 11.3 Å². The molecule has 1 aliphatic heterocycles. The van der Waals surface area contributed by atoms with Gasteiger partial charge >= 0.3 is 11.9 Å². The van der Waals surface area contributed by atoms with Gasteiger partial charge in [-0.05, 0) is 29.8 Å². The predicted molar refractivity (Wildman–Crippen MR) is 134 cm³/mol. The topological polar surface area (TPSA) is 115 Å². The summed E-state index contributed by atoms with van der Waals surface area (Å²) in [5.74, 6) is -1.83. The summed E-state index contributed by atoms with van der Waals surface area (Å²) in [5, 5.41) is 10.1. The number of likely N-dealkylation sites (N-methyl/N-ethyl adjacent to an activating group) is 1. The van der Waals surface area contributed by atoms with Crippen LogP contribution in [0.25, 0.3) is 0 Å². The van der Waals surface area contributed by atoms with Gasteiger partial charge in [-0.3, -0.25) is 4.90 Å². The van der Waals surface area contributed by atoms with Gasteiger partial charge in [-0.25, -0.2) is 9.59 Å². The summed E-state index contributed by atoms with van der Waals surface area (Å²) >= 11 is 0. The van der Waals surface area contributed by atoms with Gasteiger partial charge in [0.1, 0.15) is 30.4 Å². The number of nitrogens with zero attached hydrogens (tertiary/aromatic N) is 3. The van der Waals surface area contributed by atoms with Crippen molar-refractivity contribution in [3.8, 4) is 11.8 Å². The summed E-state index contributed by atoms with van der Waals surface area (Å²) in [7, 11) is 8.66. The van der Waals surface area contributed by atoms with Gasteiger partial charge in [0.2, 0.25) is 0 Å². The van der Waals surface area contributed by atoms with Gasteiger partial charge in [0.25, 0.3) is 0 Å². The van der Waals surface area contributed by atoms with Crippen LogP contribution in [0.4, 0.5) is 5.69 Å². The Morgan fingerprint density at radius 3 is 2.14 bits per heavy atom. The van der Waals surface area contributed by atoms with Gasteiger partial charge < -0.3 is 24.4 Å². The van der Waals surface area contributed by atoms with E-state index in [2.05, 4.69) is 27.2 Å². The molecule has 3 rings (SSSR count). The third kappa shape index (κ3) is 5.50. The van der Waals surface area contributed by atoms with Gasteiger partial charge in [-0.1, -0.05) is 30.3 Å². The molecule has 188 valence electrons. The Labute approximate surface area is 211 Å². The summed E-state index contributed by atoms with van der Waals surface area (Å²) in [4.78, 5) is 27.5. The molecular weight excluding hydrogens is 460 g/mol. The second kappa shape index (κ2) is 11.0. The van der Waals surface area contributed by atoms with Crippen molar-refractivity contribution in [2.75, 3.05) is 53.4 Å². The lowest BCUT2D eigenvalue weighted by molar-refractivity contribution is -0.870. The van der Waals surface area contributed by atoms with Gasteiger partial charge in [0.05, 0.1) is 58.5 Å². The number of carbonyl (C=O) groups is 2. The molecule has 0 saturated carbocycles. The minimum atomic E-state index is -0.910. The van der Waals surface area contributed by atoms with Gasteiger partial charge in [0.15, 0.2) is 0 Å². The van der Waals surface area contributed by atoms with Crippen molar-refractivity contribution >= 4 is 17.6 Å². The summed E-state index contributed by atoms with van der Waals surface area (Å²) in [6, 6.07) is 17.9. The fourth-order valence-electron chi connectivity index (χ4n) is 3.91. The average molecular weight is 492 g/mol. The first kappa shape index (κ1) is 26.3. The third-order valence-electron chi connectivity index (χ3n) is 5.74. The third-order valence-corrected chi connectivity index (χ3v) is 5.74. The van der Waals surface area contributed by atoms with E-state index in [4.69, 9.17) is 19.9 Å². The van der Waals surface area contributed by atoms with E-state index < -0.39 is 17.9 Å². The molecule has 2 N–H and O–H groups in total. The lowest BCUT2D eigenvalue weighted by Crippen LogP contribution is -2.40. The molecule has 9 nitrogen and oxygen atoms in total. The maximum absolute atomic E-state index is 13.1. The van der Waals surface area contributed by atoms with Gasteiger partial charge in [-0.15, -0.1) is 0 Å². The highest BCUT2D eigenvalue weighted by Crippen LogP contribution is 2.43. The number of methoxy groups -OCH3 is 2. The zero-order valence-corrected chi connectivity index (χ0v) is 21.1. The van der Waals surface area contributed by atoms with Crippen LogP contribution in [0.5, 0.6) is 5.75 Å². The van der Waals surface area contributed by atoms with Crippen molar-refractivity contribution < 1.29 is 28.3 Å². The van der Waals surface area contributed by atoms with Crippen LogP contribution < -0.4 is 15.4 Å². The number of carbonyl (C=O) groups excluding carboxylic acids is 2. The zero-order chi connectivity index (χ0) is 26.5. The predicted octanol–water partition coefficient (Wildman–Crippen LogP) is 2.67. The molecule has 0 radical (unpaired) electrons. The molecule has 0 aromatic heterocycles. The lowest BCUT2D eigenvalue weighted by atomic mass is 9.81. The Morgan fingerprint density at radius 2 is 1.61 bits per heavy atom.